The minimum absolute atomic E-state index is 0.0463. The van der Waals surface area contributed by atoms with Gasteiger partial charge in [-0.1, -0.05) is 43.3 Å². The second-order valence-corrected chi connectivity index (χ2v) is 5.78. The quantitative estimate of drug-likeness (QED) is 0.498. The first-order chi connectivity index (χ1) is 10.9. The van der Waals surface area contributed by atoms with Crippen molar-refractivity contribution in [1.82, 2.24) is 0 Å². The molecule has 0 aliphatic heterocycles. The molecule has 2 atom stereocenters. The minimum Gasteiger partial charge on any atom is -0.875 e. The maximum absolute atomic E-state index is 10.6. The molecule has 0 aromatic carbocycles. The summed E-state index contributed by atoms with van der Waals surface area (Å²) in [5.41, 5.74) is 1.38. The van der Waals surface area contributed by atoms with Crippen molar-refractivity contribution in [3.8, 4) is 0 Å². The summed E-state index contributed by atoms with van der Waals surface area (Å²) in [6, 6.07) is 0. The summed E-state index contributed by atoms with van der Waals surface area (Å²) in [6.07, 6.45) is -0.706. The van der Waals surface area contributed by atoms with E-state index in [4.69, 9.17) is 0 Å². The molecular formula is C18H18O6-4. The number of hydrogen-bond donors (Lipinski definition) is 0. The largest absolute Gasteiger partial charge is 0.875 e. The third-order valence-electron chi connectivity index (χ3n) is 4.14. The summed E-state index contributed by atoms with van der Waals surface area (Å²) in [7, 11) is 0. The van der Waals surface area contributed by atoms with Crippen LogP contribution in [0.15, 0.2) is 58.3 Å². The number of rotatable bonds is 0. The molecule has 0 amide bonds. The smallest absolute Gasteiger partial charge is 0.186 e. The van der Waals surface area contributed by atoms with Gasteiger partial charge in [-0.2, -0.15) is 0 Å². The van der Waals surface area contributed by atoms with Crippen molar-refractivity contribution >= 4 is 11.6 Å². The zero-order valence-electron chi connectivity index (χ0n) is 14.0. The maximum Gasteiger partial charge on any atom is 0.186 e. The van der Waals surface area contributed by atoms with E-state index in [1.807, 2.05) is 0 Å². The Bertz CT molecular complexity index is 627. The van der Waals surface area contributed by atoms with Gasteiger partial charge < -0.3 is 20.4 Å². The number of allylic oxidation sites excluding steroid dienone is 4. The summed E-state index contributed by atoms with van der Waals surface area (Å²) in [6.45, 7) is 12.8. The lowest BCUT2D eigenvalue weighted by Crippen LogP contribution is -2.47. The van der Waals surface area contributed by atoms with Gasteiger partial charge in [0.05, 0.1) is 0 Å². The fourth-order valence-corrected chi connectivity index (χ4v) is 2.11. The van der Waals surface area contributed by atoms with Crippen LogP contribution in [0.25, 0.3) is 0 Å². The normalized spacial score (nSPS) is 25.2. The number of hydrogen-bond acceptors (Lipinski definition) is 6. The second kappa shape index (κ2) is 6.88. The molecule has 0 heterocycles. The molecule has 2 unspecified atom stereocenters. The molecule has 6 heteroatoms. The summed E-state index contributed by atoms with van der Waals surface area (Å²) in [4.78, 5) is 20.8. The molecule has 0 radical (unpaired) electrons. The summed E-state index contributed by atoms with van der Waals surface area (Å²) < 4.78 is 0. The van der Waals surface area contributed by atoms with Gasteiger partial charge in [0.25, 0.3) is 0 Å². The highest BCUT2D eigenvalue weighted by molar-refractivity contribution is 6.18. The molecule has 3 aliphatic rings. The summed E-state index contributed by atoms with van der Waals surface area (Å²) in [5.74, 6) is -0.949. The molecular weight excluding hydrogens is 312 g/mol. The SMILES string of the molecule is C=C1C(=O)C(C)=C1[O-].C=C1C(=O)C(C)=C1[O-].CC1=C([O-])C(C)C1[O-]. The average Bonchev–Trinajstić information content (AvgIpc) is 2.63. The highest BCUT2D eigenvalue weighted by Crippen LogP contribution is 2.27. The van der Waals surface area contributed by atoms with E-state index in [0.29, 0.717) is 16.7 Å². The van der Waals surface area contributed by atoms with Crippen LogP contribution in [0.3, 0.4) is 0 Å². The number of ketones is 2. The molecule has 0 spiro atoms. The molecule has 0 aromatic heterocycles. The van der Waals surface area contributed by atoms with E-state index in [1.54, 1.807) is 13.8 Å². The summed E-state index contributed by atoms with van der Waals surface area (Å²) in [5, 5.41) is 42.0. The Hall–Kier alpha value is -2.60. The van der Waals surface area contributed by atoms with Crippen LogP contribution in [0.5, 0.6) is 0 Å². The average molecular weight is 330 g/mol. The molecule has 3 aliphatic carbocycles. The van der Waals surface area contributed by atoms with E-state index in [2.05, 4.69) is 13.2 Å². The number of carbonyl (C=O) groups excluding carboxylic acids is 2. The monoisotopic (exact) mass is 330 g/mol. The van der Waals surface area contributed by atoms with Gasteiger partial charge in [-0.25, -0.2) is 0 Å². The van der Waals surface area contributed by atoms with Crippen molar-refractivity contribution in [1.29, 1.82) is 0 Å². The maximum atomic E-state index is 10.6. The third-order valence-corrected chi connectivity index (χ3v) is 4.14. The number of Topliss-reactive ketones (excluding diaryl/α,β-unsaturated/α-hetero) is 2. The van der Waals surface area contributed by atoms with Gasteiger partial charge in [0, 0.05) is 11.1 Å². The molecule has 6 nitrogen and oxygen atoms in total. The van der Waals surface area contributed by atoms with Crippen molar-refractivity contribution in [3.63, 3.8) is 0 Å². The van der Waals surface area contributed by atoms with Crippen LogP contribution in [0.2, 0.25) is 0 Å². The highest BCUT2D eigenvalue weighted by atomic mass is 16.3. The highest BCUT2D eigenvalue weighted by Gasteiger charge is 2.20. The van der Waals surface area contributed by atoms with E-state index in [1.165, 1.54) is 13.8 Å². The Morgan fingerprint density at radius 1 is 0.833 bits per heavy atom. The Labute approximate surface area is 140 Å². The van der Waals surface area contributed by atoms with Gasteiger partial charge in [-0.15, -0.1) is 5.76 Å². The van der Waals surface area contributed by atoms with E-state index < -0.39 is 6.10 Å². The topological polar surface area (TPSA) is 126 Å². The third kappa shape index (κ3) is 3.19. The molecule has 130 valence electrons. The summed E-state index contributed by atoms with van der Waals surface area (Å²) >= 11 is 0. The zero-order chi connectivity index (χ0) is 18.9. The van der Waals surface area contributed by atoms with Crippen molar-refractivity contribution < 1.29 is 30.0 Å². The van der Waals surface area contributed by atoms with Crippen LogP contribution in [0.1, 0.15) is 27.7 Å². The first kappa shape index (κ1) is 19.4. The molecule has 0 bridgehead atoms. The standard InChI is InChI=1S/C6H9O2.2C6H6O2/c3*1-3-5(7)4(2)6(3)8/h3,5,8H,1-2H3;2*7H,1H2,2H3/q-1;;/p-3. The van der Waals surface area contributed by atoms with E-state index in [9.17, 15) is 30.0 Å². The Kier molecular flexibility index (Phi) is 5.58. The van der Waals surface area contributed by atoms with Crippen LogP contribution in [0, 0.1) is 5.92 Å². The predicted molar refractivity (Wildman–Crippen MR) is 79.3 cm³/mol. The van der Waals surface area contributed by atoms with Crippen LogP contribution < -0.4 is 20.4 Å². The molecule has 0 N–H and O–H groups in total. The first-order valence-electron chi connectivity index (χ1n) is 7.20. The van der Waals surface area contributed by atoms with Crippen LogP contribution in [0.4, 0.5) is 0 Å². The molecule has 3 rings (SSSR count). The van der Waals surface area contributed by atoms with Crippen LogP contribution in [-0.4, -0.2) is 17.7 Å². The van der Waals surface area contributed by atoms with E-state index in [0.717, 1.165) is 0 Å². The predicted octanol–water partition coefficient (Wildman–Crippen LogP) is -1.48. The molecule has 0 aromatic rings. The van der Waals surface area contributed by atoms with Crippen molar-refractivity contribution in [2.24, 2.45) is 5.92 Å². The molecule has 0 fully saturated rings. The Morgan fingerprint density at radius 2 is 1.17 bits per heavy atom. The first-order valence-corrected chi connectivity index (χ1v) is 7.20. The van der Waals surface area contributed by atoms with Gasteiger partial charge >= 0.3 is 0 Å². The van der Waals surface area contributed by atoms with E-state index >= 15 is 0 Å². The van der Waals surface area contributed by atoms with Crippen LogP contribution >= 0.6 is 0 Å². The molecule has 24 heavy (non-hydrogen) atoms. The van der Waals surface area contributed by atoms with Gasteiger partial charge in [-0.05, 0) is 37.8 Å². The fraction of sp³-hybridized carbons (Fsp3) is 0.333. The molecule has 0 saturated heterocycles. The lowest BCUT2D eigenvalue weighted by atomic mass is 9.83. The zero-order valence-corrected chi connectivity index (χ0v) is 14.0. The van der Waals surface area contributed by atoms with E-state index in [-0.39, 0.29) is 45.9 Å². The molecule has 0 saturated carbocycles. The lowest BCUT2D eigenvalue weighted by molar-refractivity contribution is -0.449. The minimum atomic E-state index is -0.706. The fourth-order valence-electron chi connectivity index (χ4n) is 2.11. The van der Waals surface area contributed by atoms with Crippen molar-refractivity contribution in [3.05, 3.63) is 58.3 Å². The van der Waals surface area contributed by atoms with Crippen molar-refractivity contribution in [2.45, 2.75) is 33.8 Å². The Morgan fingerprint density at radius 3 is 1.25 bits per heavy atom. The van der Waals surface area contributed by atoms with Gasteiger partial charge in [0.2, 0.25) is 0 Å². The lowest BCUT2D eigenvalue weighted by Gasteiger charge is -2.47. The van der Waals surface area contributed by atoms with Gasteiger partial charge in [-0.3, -0.25) is 9.59 Å². The Balaban J connectivity index is 0.000000180. The van der Waals surface area contributed by atoms with Gasteiger partial charge in [0.1, 0.15) is 0 Å². The second-order valence-electron chi connectivity index (χ2n) is 5.78. The van der Waals surface area contributed by atoms with Crippen molar-refractivity contribution in [2.75, 3.05) is 0 Å². The number of carbonyl (C=O) groups is 2. The van der Waals surface area contributed by atoms with Gasteiger partial charge in [0.15, 0.2) is 11.6 Å². The van der Waals surface area contributed by atoms with Crippen LogP contribution in [-0.2, 0) is 9.59 Å².